The molecule has 10 heteroatoms. The van der Waals surface area contributed by atoms with E-state index in [0.717, 1.165) is 5.56 Å². The Bertz CT molecular complexity index is 1610. The molecule has 0 saturated heterocycles. The zero-order valence-electron chi connectivity index (χ0n) is 19.1. The predicted octanol–water partition coefficient (Wildman–Crippen LogP) is 5.83. The van der Waals surface area contributed by atoms with E-state index >= 15 is 0 Å². The molecule has 1 aliphatic rings. The number of amides is 2. The SMILES string of the molecule is O=C(Nc1cccc([N+](=O)[O-])c1)c1ccc2c(c1)N(Cc1cccc(Cl)c1)C(=O)c1ccccc1[S@@]2=O. The molecule has 4 aromatic carbocycles. The van der Waals surface area contributed by atoms with Crippen molar-refractivity contribution in [3.05, 3.63) is 123 Å². The van der Waals surface area contributed by atoms with Crippen LogP contribution < -0.4 is 10.2 Å². The summed E-state index contributed by atoms with van der Waals surface area (Å²) in [7, 11) is -1.67. The number of hydrogen-bond donors (Lipinski definition) is 1. The van der Waals surface area contributed by atoms with Crippen molar-refractivity contribution in [3.63, 3.8) is 0 Å². The first-order chi connectivity index (χ1) is 17.8. The number of carbonyl (C=O) groups is 2. The number of carbonyl (C=O) groups excluding carboxylic acids is 2. The molecule has 184 valence electrons. The summed E-state index contributed by atoms with van der Waals surface area (Å²) in [4.78, 5) is 39.6. The quantitative estimate of drug-likeness (QED) is 0.257. The van der Waals surface area contributed by atoms with E-state index in [1.807, 2.05) is 6.07 Å². The summed E-state index contributed by atoms with van der Waals surface area (Å²) >= 11 is 6.16. The molecule has 0 saturated carbocycles. The second-order valence-electron chi connectivity index (χ2n) is 8.23. The zero-order valence-corrected chi connectivity index (χ0v) is 20.7. The molecular weight excluding hydrogens is 514 g/mol. The first-order valence-electron chi connectivity index (χ1n) is 11.1. The highest BCUT2D eigenvalue weighted by atomic mass is 35.5. The Labute approximate surface area is 219 Å². The van der Waals surface area contributed by atoms with Gasteiger partial charge in [-0.1, -0.05) is 41.9 Å². The van der Waals surface area contributed by atoms with E-state index < -0.39 is 21.6 Å². The summed E-state index contributed by atoms with van der Waals surface area (Å²) in [5.41, 5.74) is 1.66. The van der Waals surface area contributed by atoms with Gasteiger partial charge in [0.25, 0.3) is 17.5 Å². The van der Waals surface area contributed by atoms with E-state index in [9.17, 15) is 23.9 Å². The summed E-state index contributed by atoms with van der Waals surface area (Å²) in [5, 5.41) is 14.2. The molecule has 5 rings (SSSR count). The van der Waals surface area contributed by atoms with Gasteiger partial charge in [-0.25, -0.2) is 4.21 Å². The standard InChI is InChI=1S/C27H18ClN3O5S/c28-19-6-3-5-17(13-19)16-30-23-14-18(26(32)29-20-7-4-8-21(15-20)31(34)35)11-12-25(23)37(36)24-10-2-1-9-22(24)27(30)33/h1-15H,16H2,(H,29,32)/t37-/m0/s1. The molecule has 0 fully saturated rings. The largest absolute Gasteiger partial charge is 0.322 e. The van der Waals surface area contributed by atoms with E-state index in [4.69, 9.17) is 11.6 Å². The van der Waals surface area contributed by atoms with E-state index in [1.165, 1.54) is 41.3 Å². The van der Waals surface area contributed by atoms with Crippen molar-refractivity contribution in [2.24, 2.45) is 0 Å². The lowest BCUT2D eigenvalue weighted by Crippen LogP contribution is -2.30. The van der Waals surface area contributed by atoms with E-state index in [-0.39, 0.29) is 29.4 Å². The number of non-ortho nitro benzene ring substituents is 1. The number of anilines is 2. The minimum atomic E-state index is -1.67. The van der Waals surface area contributed by atoms with Gasteiger partial charge in [-0.05, 0) is 54.1 Å². The fraction of sp³-hybridized carbons (Fsp3) is 0.0370. The third-order valence-corrected chi connectivity index (χ3v) is 7.55. The number of nitrogens with zero attached hydrogens (tertiary/aromatic N) is 2. The lowest BCUT2D eigenvalue weighted by atomic mass is 10.1. The zero-order chi connectivity index (χ0) is 26.1. The third-order valence-electron chi connectivity index (χ3n) is 5.82. The Morgan fingerprint density at radius 3 is 2.51 bits per heavy atom. The predicted molar refractivity (Wildman–Crippen MR) is 141 cm³/mol. The minimum absolute atomic E-state index is 0.133. The number of rotatable bonds is 5. The van der Waals surface area contributed by atoms with Crippen LogP contribution in [0.15, 0.2) is 101 Å². The van der Waals surface area contributed by atoms with E-state index in [0.29, 0.717) is 26.1 Å². The van der Waals surface area contributed by atoms with Crippen molar-refractivity contribution in [1.29, 1.82) is 0 Å². The second kappa shape index (κ2) is 9.96. The number of nitro groups is 1. The highest BCUT2D eigenvalue weighted by Crippen LogP contribution is 2.36. The molecule has 0 spiro atoms. The van der Waals surface area contributed by atoms with Crippen LogP contribution in [0, 0.1) is 10.1 Å². The summed E-state index contributed by atoms with van der Waals surface area (Å²) in [6.07, 6.45) is 0. The van der Waals surface area contributed by atoms with Crippen LogP contribution in [0.1, 0.15) is 26.3 Å². The normalized spacial score (nSPS) is 14.4. The van der Waals surface area contributed by atoms with Crippen LogP contribution in [0.3, 0.4) is 0 Å². The van der Waals surface area contributed by atoms with Crippen LogP contribution >= 0.6 is 11.6 Å². The van der Waals surface area contributed by atoms with Crippen LogP contribution in [0.2, 0.25) is 5.02 Å². The number of nitro benzene ring substituents is 1. The first kappa shape index (κ1) is 24.4. The van der Waals surface area contributed by atoms with Crippen LogP contribution in [0.25, 0.3) is 0 Å². The Hall–Kier alpha value is -4.34. The molecule has 0 bridgehead atoms. The van der Waals surface area contributed by atoms with E-state index in [2.05, 4.69) is 5.32 Å². The summed E-state index contributed by atoms with van der Waals surface area (Å²) in [6.45, 7) is 0.133. The molecule has 1 atom stereocenters. The van der Waals surface area contributed by atoms with Crippen LogP contribution in [0.5, 0.6) is 0 Å². The molecular formula is C27H18ClN3O5S. The summed E-state index contributed by atoms with van der Waals surface area (Å²) < 4.78 is 13.5. The Morgan fingerprint density at radius 2 is 1.73 bits per heavy atom. The Morgan fingerprint density at radius 1 is 0.946 bits per heavy atom. The van der Waals surface area contributed by atoms with Gasteiger partial charge >= 0.3 is 0 Å². The van der Waals surface area contributed by atoms with Crippen molar-refractivity contribution >= 4 is 51.3 Å². The molecule has 37 heavy (non-hydrogen) atoms. The van der Waals surface area contributed by atoms with Gasteiger partial charge in [-0.15, -0.1) is 0 Å². The smallest absolute Gasteiger partial charge is 0.271 e. The fourth-order valence-corrected chi connectivity index (χ4v) is 5.64. The van der Waals surface area contributed by atoms with Crippen molar-refractivity contribution in [2.75, 3.05) is 10.2 Å². The molecule has 0 unspecified atom stereocenters. The molecule has 1 aliphatic heterocycles. The van der Waals surface area contributed by atoms with Crippen molar-refractivity contribution in [2.45, 2.75) is 16.3 Å². The van der Waals surface area contributed by atoms with Gasteiger partial charge in [0.1, 0.15) is 0 Å². The topological polar surface area (TPSA) is 110 Å². The third kappa shape index (κ3) is 4.87. The molecule has 4 aromatic rings. The van der Waals surface area contributed by atoms with Crippen molar-refractivity contribution < 1.29 is 18.7 Å². The van der Waals surface area contributed by atoms with Crippen molar-refractivity contribution in [1.82, 2.24) is 0 Å². The highest BCUT2D eigenvalue weighted by molar-refractivity contribution is 7.85. The van der Waals surface area contributed by atoms with Gasteiger partial charge in [0.05, 0.1) is 43.3 Å². The van der Waals surface area contributed by atoms with Crippen LogP contribution in [0.4, 0.5) is 17.1 Å². The summed E-state index contributed by atoms with van der Waals surface area (Å²) in [5.74, 6) is -0.898. The maximum absolute atomic E-state index is 13.7. The molecule has 2 amide bonds. The number of nitrogens with one attached hydrogen (secondary N) is 1. The number of hydrogen-bond acceptors (Lipinski definition) is 5. The van der Waals surface area contributed by atoms with Gasteiger partial charge in [0.15, 0.2) is 0 Å². The van der Waals surface area contributed by atoms with Gasteiger partial charge in [-0.2, -0.15) is 0 Å². The van der Waals surface area contributed by atoms with Gasteiger partial charge in [-0.3, -0.25) is 19.7 Å². The second-order valence-corrected chi connectivity index (χ2v) is 10.1. The van der Waals surface area contributed by atoms with Crippen molar-refractivity contribution in [3.8, 4) is 0 Å². The van der Waals surface area contributed by atoms with Gasteiger partial charge < -0.3 is 10.2 Å². The summed E-state index contributed by atoms with van der Waals surface area (Å²) in [6, 6.07) is 23.9. The Balaban J connectivity index is 1.57. The molecule has 0 aliphatic carbocycles. The number of benzene rings is 4. The van der Waals surface area contributed by atoms with Crippen LogP contribution in [-0.4, -0.2) is 20.9 Å². The van der Waals surface area contributed by atoms with Gasteiger partial charge in [0, 0.05) is 28.4 Å². The molecule has 0 radical (unpaired) electrons. The lowest BCUT2D eigenvalue weighted by molar-refractivity contribution is -0.384. The maximum Gasteiger partial charge on any atom is 0.271 e. The average molecular weight is 532 g/mol. The van der Waals surface area contributed by atoms with E-state index in [1.54, 1.807) is 48.5 Å². The van der Waals surface area contributed by atoms with Gasteiger partial charge in [0.2, 0.25) is 0 Å². The minimum Gasteiger partial charge on any atom is -0.322 e. The monoisotopic (exact) mass is 531 g/mol. The fourth-order valence-electron chi connectivity index (χ4n) is 4.08. The molecule has 1 N–H and O–H groups in total. The lowest BCUT2D eigenvalue weighted by Gasteiger charge is -2.23. The molecule has 1 heterocycles. The molecule has 0 aromatic heterocycles. The number of halogens is 1. The first-order valence-corrected chi connectivity index (χ1v) is 12.6. The van der Waals surface area contributed by atoms with Crippen LogP contribution in [-0.2, 0) is 17.3 Å². The number of fused-ring (bicyclic) bond motifs is 2. The average Bonchev–Trinajstić information content (AvgIpc) is 2.98. The molecule has 8 nitrogen and oxygen atoms in total. The Kier molecular flexibility index (Phi) is 6.56. The highest BCUT2D eigenvalue weighted by Gasteiger charge is 2.31. The maximum atomic E-state index is 13.7.